The molecule has 0 amide bonds. The average molecular weight is 387 g/mol. The van der Waals surface area contributed by atoms with Crippen LogP contribution in [0.25, 0.3) is 0 Å². The number of rotatable bonds is 6. The standard InChI is InChI=1S/C24H34O2S/c1-15(2)19-9-20(16(3)4)12-23(11-19)27(25,26)24-13-21(17(5)6)10-22(14-24)18(7)8/h9-18H,1-8H3. The lowest BCUT2D eigenvalue weighted by atomic mass is 9.96. The summed E-state index contributed by atoms with van der Waals surface area (Å²) in [6, 6.07) is 11.7. The molecule has 0 saturated heterocycles. The summed E-state index contributed by atoms with van der Waals surface area (Å²) in [7, 11) is -3.56. The molecule has 0 N–H and O–H groups in total. The zero-order valence-corrected chi connectivity index (χ0v) is 18.8. The highest BCUT2D eigenvalue weighted by Gasteiger charge is 2.22. The van der Waals surface area contributed by atoms with E-state index in [4.69, 9.17) is 0 Å². The van der Waals surface area contributed by atoms with Gasteiger partial charge in [0.1, 0.15) is 0 Å². The molecule has 0 aliphatic carbocycles. The molecule has 0 saturated carbocycles. The van der Waals surface area contributed by atoms with Crippen molar-refractivity contribution >= 4 is 9.84 Å². The second-order valence-corrected chi connectivity index (χ2v) is 10.7. The van der Waals surface area contributed by atoms with Crippen molar-refractivity contribution in [3.05, 3.63) is 58.7 Å². The fraction of sp³-hybridized carbons (Fsp3) is 0.500. The molecule has 0 spiro atoms. The molecule has 0 radical (unpaired) electrons. The van der Waals surface area contributed by atoms with Gasteiger partial charge in [0.15, 0.2) is 0 Å². The van der Waals surface area contributed by atoms with Crippen molar-refractivity contribution in [2.45, 2.75) is 88.9 Å². The second-order valence-electron chi connectivity index (χ2n) is 8.79. The number of benzene rings is 2. The van der Waals surface area contributed by atoms with Crippen molar-refractivity contribution in [2.24, 2.45) is 0 Å². The summed E-state index contributed by atoms with van der Waals surface area (Å²) >= 11 is 0. The maximum atomic E-state index is 13.5. The van der Waals surface area contributed by atoms with Gasteiger partial charge in [-0.3, -0.25) is 0 Å². The van der Waals surface area contributed by atoms with Gasteiger partial charge in [0.05, 0.1) is 9.79 Å². The van der Waals surface area contributed by atoms with Crippen molar-refractivity contribution in [1.29, 1.82) is 0 Å². The van der Waals surface area contributed by atoms with Gasteiger partial charge < -0.3 is 0 Å². The van der Waals surface area contributed by atoms with Gasteiger partial charge in [-0.15, -0.1) is 0 Å². The second kappa shape index (κ2) is 8.18. The molecular weight excluding hydrogens is 352 g/mol. The minimum atomic E-state index is -3.56. The first-order valence-electron chi connectivity index (χ1n) is 9.98. The number of hydrogen-bond acceptors (Lipinski definition) is 2. The Hall–Kier alpha value is -1.61. The SMILES string of the molecule is CC(C)c1cc(C(C)C)cc(S(=O)(=O)c2cc(C(C)C)cc(C(C)C)c2)c1. The summed E-state index contributed by atoms with van der Waals surface area (Å²) in [5.74, 6) is 1.13. The molecule has 2 aromatic carbocycles. The van der Waals surface area contributed by atoms with Crippen LogP contribution in [0.2, 0.25) is 0 Å². The summed E-state index contributed by atoms with van der Waals surface area (Å²) in [4.78, 5) is 0.820. The van der Waals surface area contributed by atoms with E-state index < -0.39 is 9.84 Å². The molecule has 0 aliphatic rings. The Morgan fingerprint density at radius 3 is 0.889 bits per heavy atom. The van der Waals surface area contributed by atoms with E-state index in [9.17, 15) is 8.42 Å². The molecule has 0 aromatic heterocycles. The van der Waals surface area contributed by atoms with E-state index in [0.717, 1.165) is 22.3 Å². The van der Waals surface area contributed by atoms with Crippen molar-refractivity contribution in [1.82, 2.24) is 0 Å². The molecule has 3 heteroatoms. The molecule has 0 aliphatic heterocycles. The van der Waals surface area contributed by atoms with Crippen LogP contribution in [0.4, 0.5) is 0 Å². The van der Waals surface area contributed by atoms with Crippen LogP contribution >= 0.6 is 0 Å². The van der Waals surface area contributed by atoms with E-state index in [1.807, 2.05) is 24.3 Å². The Kier molecular flexibility index (Phi) is 6.57. The third-order valence-electron chi connectivity index (χ3n) is 5.19. The lowest BCUT2D eigenvalue weighted by Gasteiger charge is -2.17. The fourth-order valence-corrected chi connectivity index (χ4v) is 4.51. The van der Waals surface area contributed by atoms with Gasteiger partial charge in [-0.2, -0.15) is 0 Å². The van der Waals surface area contributed by atoms with Crippen LogP contribution in [0, 0.1) is 0 Å². The zero-order chi connectivity index (χ0) is 20.5. The van der Waals surface area contributed by atoms with E-state index in [-0.39, 0.29) is 23.7 Å². The van der Waals surface area contributed by atoms with Crippen LogP contribution in [0.15, 0.2) is 46.2 Å². The first-order chi connectivity index (χ1) is 12.4. The topological polar surface area (TPSA) is 34.1 Å². The maximum absolute atomic E-state index is 13.5. The lowest BCUT2D eigenvalue weighted by molar-refractivity contribution is 0.595. The minimum absolute atomic E-state index is 0.283. The average Bonchev–Trinajstić information content (AvgIpc) is 2.60. The van der Waals surface area contributed by atoms with E-state index in [1.54, 1.807) is 0 Å². The molecule has 0 unspecified atom stereocenters. The van der Waals surface area contributed by atoms with Crippen LogP contribution in [0.3, 0.4) is 0 Å². The minimum Gasteiger partial charge on any atom is -0.219 e. The van der Waals surface area contributed by atoms with Gasteiger partial charge in [-0.1, -0.05) is 67.5 Å². The third kappa shape index (κ3) is 4.82. The molecular formula is C24H34O2S. The van der Waals surface area contributed by atoms with Crippen molar-refractivity contribution in [2.75, 3.05) is 0 Å². The highest BCUT2D eigenvalue weighted by Crippen LogP contribution is 2.32. The van der Waals surface area contributed by atoms with Gasteiger partial charge in [0.2, 0.25) is 9.84 Å². The van der Waals surface area contributed by atoms with E-state index in [1.165, 1.54) is 0 Å². The highest BCUT2D eigenvalue weighted by molar-refractivity contribution is 7.91. The van der Waals surface area contributed by atoms with Gasteiger partial charge in [-0.05, 0) is 70.2 Å². The summed E-state index contributed by atoms with van der Waals surface area (Å²) in [5.41, 5.74) is 4.29. The summed E-state index contributed by atoms with van der Waals surface area (Å²) in [5, 5.41) is 0. The molecule has 0 atom stereocenters. The molecule has 148 valence electrons. The number of hydrogen-bond donors (Lipinski definition) is 0. The Bertz CT molecular complexity index is 782. The van der Waals surface area contributed by atoms with Crippen LogP contribution in [-0.2, 0) is 9.84 Å². The summed E-state index contributed by atoms with van der Waals surface area (Å²) in [6.07, 6.45) is 0. The smallest absolute Gasteiger partial charge is 0.206 e. The fourth-order valence-electron chi connectivity index (χ4n) is 3.07. The van der Waals surface area contributed by atoms with Gasteiger partial charge in [-0.25, -0.2) is 8.42 Å². The summed E-state index contributed by atoms with van der Waals surface area (Å²) in [6.45, 7) is 16.8. The van der Waals surface area contributed by atoms with E-state index in [2.05, 4.69) is 67.5 Å². The van der Waals surface area contributed by atoms with Crippen LogP contribution < -0.4 is 0 Å². The first-order valence-corrected chi connectivity index (χ1v) is 11.5. The normalized spacial score (nSPS) is 12.6. The van der Waals surface area contributed by atoms with Crippen LogP contribution in [-0.4, -0.2) is 8.42 Å². The van der Waals surface area contributed by atoms with Crippen LogP contribution in [0.1, 0.15) is 101 Å². The highest BCUT2D eigenvalue weighted by atomic mass is 32.2. The molecule has 0 bridgehead atoms. The Labute approximate surface area is 165 Å². The van der Waals surface area contributed by atoms with Crippen molar-refractivity contribution < 1.29 is 8.42 Å². The van der Waals surface area contributed by atoms with Crippen molar-refractivity contribution in [3.63, 3.8) is 0 Å². The largest absolute Gasteiger partial charge is 0.219 e. The Morgan fingerprint density at radius 1 is 0.481 bits per heavy atom. The predicted octanol–water partition coefficient (Wildman–Crippen LogP) is 7.01. The predicted molar refractivity (Wildman–Crippen MR) is 115 cm³/mol. The first kappa shape index (κ1) is 21.7. The molecule has 27 heavy (non-hydrogen) atoms. The maximum Gasteiger partial charge on any atom is 0.206 e. The monoisotopic (exact) mass is 386 g/mol. The van der Waals surface area contributed by atoms with Gasteiger partial charge in [0, 0.05) is 0 Å². The van der Waals surface area contributed by atoms with Gasteiger partial charge >= 0.3 is 0 Å². The quantitative estimate of drug-likeness (QED) is 0.535. The number of sulfone groups is 1. The Balaban J connectivity index is 2.72. The third-order valence-corrected chi connectivity index (χ3v) is 6.90. The van der Waals surface area contributed by atoms with Crippen molar-refractivity contribution in [3.8, 4) is 0 Å². The molecule has 0 heterocycles. The van der Waals surface area contributed by atoms with E-state index in [0.29, 0.717) is 9.79 Å². The van der Waals surface area contributed by atoms with E-state index >= 15 is 0 Å². The van der Waals surface area contributed by atoms with Gasteiger partial charge in [0.25, 0.3) is 0 Å². The molecule has 2 nitrogen and oxygen atoms in total. The lowest BCUT2D eigenvalue weighted by Crippen LogP contribution is -2.07. The molecule has 0 fully saturated rings. The van der Waals surface area contributed by atoms with Crippen LogP contribution in [0.5, 0.6) is 0 Å². The molecule has 2 rings (SSSR count). The summed E-state index contributed by atoms with van der Waals surface area (Å²) < 4.78 is 27.1. The zero-order valence-electron chi connectivity index (χ0n) is 18.0. The molecule has 2 aromatic rings. The Morgan fingerprint density at radius 2 is 0.704 bits per heavy atom.